The van der Waals surface area contributed by atoms with Gasteiger partial charge in [-0.25, -0.2) is 14.8 Å². The van der Waals surface area contributed by atoms with E-state index in [2.05, 4.69) is 35.9 Å². The number of hydrogen-bond acceptors (Lipinski definition) is 5. The number of hydrogen-bond donors (Lipinski definition) is 0. The van der Waals surface area contributed by atoms with Crippen LogP contribution in [0.4, 0.5) is 5.82 Å². The Balaban J connectivity index is 1.47. The van der Waals surface area contributed by atoms with Gasteiger partial charge in [0.25, 0.3) is 0 Å². The van der Waals surface area contributed by atoms with Crippen LogP contribution in [0.2, 0.25) is 0 Å². The first-order chi connectivity index (χ1) is 12.6. The fourth-order valence-corrected chi connectivity index (χ4v) is 4.11. The molecular weight excluding hydrogens is 328 g/mol. The summed E-state index contributed by atoms with van der Waals surface area (Å²) in [5, 5.41) is 0. The monoisotopic (exact) mass is 354 g/mol. The number of anilines is 1. The highest BCUT2D eigenvalue weighted by Gasteiger charge is 2.52. The van der Waals surface area contributed by atoms with Crippen LogP contribution in [0.3, 0.4) is 0 Å². The molecule has 0 aromatic carbocycles. The number of esters is 1. The summed E-state index contributed by atoms with van der Waals surface area (Å²) < 4.78 is 6.91. The van der Waals surface area contributed by atoms with E-state index in [1.54, 1.807) is 19.4 Å². The van der Waals surface area contributed by atoms with Gasteiger partial charge in [0.2, 0.25) is 0 Å². The number of aryl methyl sites for hydroxylation is 1. The van der Waals surface area contributed by atoms with Crippen molar-refractivity contribution >= 4 is 11.8 Å². The smallest absolute Gasteiger partial charge is 0.358 e. The molecule has 1 aliphatic carbocycles. The summed E-state index contributed by atoms with van der Waals surface area (Å²) in [5.41, 5.74) is 2.63. The van der Waals surface area contributed by atoms with Gasteiger partial charge >= 0.3 is 5.97 Å². The van der Waals surface area contributed by atoms with Crippen LogP contribution in [0.15, 0.2) is 24.7 Å². The molecule has 4 rings (SSSR count). The molecule has 2 fully saturated rings. The molecule has 1 saturated heterocycles. The second-order valence-corrected chi connectivity index (χ2v) is 7.37. The van der Waals surface area contributed by atoms with Gasteiger partial charge < -0.3 is 14.2 Å². The number of ether oxygens (including phenoxy) is 1. The Kier molecular flexibility index (Phi) is 4.42. The lowest BCUT2D eigenvalue weighted by Gasteiger charge is -2.21. The SMILES string of the molecule is CCOC(=O)c1cn(Cc2ccc(N3C[C@@H]4C(C)[C@@H]4C3)nc2CC)cn1. The highest BCUT2D eigenvalue weighted by molar-refractivity contribution is 5.86. The molecule has 2 aromatic heterocycles. The molecule has 1 aliphatic heterocycles. The number of imidazole rings is 1. The minimum Gasteiger partial charge on any atom is -0.461 e. The van der Waals surface area contributed by atoms with Crippen molar-refractivity contribution < 1.29 is 9.53 Å². The molecule has 26 heavy (non-hydrogen) atoms. The van der Waals surface area contributed by atoms with Crippen molar-refractivity contribution in [3.63, 3.8) is 0 Å². The van der Waals surface area contributed by atoms with Gasteiger partial charge in [0.1, 0.15) is 5.82 Å². The maximum atomic E-state index is 11.8. The number of fused-ring (bicyclic) bond motifs is 1. The lowest BCUT2D eigenvalue weighted by atomic mass is 10.1. The van der Waals surface area contributed by atoms with Crippen LogP contribution < -0.4 is 4.90 Å². The quantitative estimate of drug-likeness (QED) is 0.747. The molecule has 0 amide bonds. The van der Waals surface area contributed by atoms with E-state index in [9.17, 15) is 4.79 Å². The van der Waals surface area contributed by atoms with E-state index in [1.165, 1.54) is 5.56 Å². The summed E-state index contributed by atoms with van der Waals surface area (Å²) in [6, 6.07) is 4.30. The van der Waals surface area contributed by atoms with Crippen LogP contribution >= 0.6 is 0 Å². The van der Waals surface area contributed by atoms with Crippen LogP contribution in [0.1, 0.15) is 42.5 Å². The zero-order chi connectivity index (χ0) is 18.3. The molecular formula is C20H26N4O2. The Labute approximate surface area is 154 Å². The standard InChI is InChI=1S/C20H26N4O2/c1-4-17-14(8-23-11-18(21-12-23)20(25)26-5-2)6-7-19(22-17)24-9-15-13(3)16(15)10-24/h6-7,11-13,15-16H,4-5,8-10H2,1-3H3/t13?,15-,16+. The van der Waals surface area contributed by atoms with Crippen LogP contribution in [0.25, 0.3) is 0 Å². The molecule has 0 bridgehead atoms. The number of nitrogens with zero attached hydrogens (tertiary/aromatic N) is 4. The Morgan fingerprint density at radius 3 is 2.73 bits per heavy atom. The maximum Gasteiger partial charge on any atom is 0.358 e. The maximum absolute atomic E-state index is 11.8. The third kappa shape index (κ3) is 3.08. The second kappa shape index (κ2) is 6.74. The Morgan fingerprint density at radius 1 is 1.27 bits per heavy atom. The van der Waals surface area contributed by atoms with Crippen molar-refractivity contribution in [1.82, 2.24) is 14.5 Å². The van der Waals surface area contributed by atoms with Gasteiger partial charge in [0.15, 0.2) is 5.69 Å². The number of piperidine rings is 1. The topological polar surface area (TPSA) is 60.2 Å². The minimum absolute atomic E-state index is 0.347. The average Bonchev–Trinajstić information content (AvgIpc) is 3.07. The van der Waals surface area contributed by atoms with E-state index >= 15 is 0 Å². The average molecular weight is 354 g/mol. The third-order valence-electron chi connectivity index (χ3n) is 5.81. The van der Waals surface area contributed by atoms with Crippen molar-refractivity contribution in [2.24, 2.45) is 17.8 Å². The van der Waals surface area contributed by atoms with E-state index in [-0.39, 0.29) is 5.97 Å². The summed E-state index contributed by atoms with van der Waals surface area (Å²) in [5.74, 6) is 3.36. The molecule has 2 aliphatic rings. The largest absolute Gasteiger partial charge is 0.461 e. The summed E-state index contributed by atoms with van der Waals surface area (Å²) in [7, 11) is 0. The van der Waals surface area contributed by atoms with Gasteiger partial charge in [-0.05, 0) is 42.7 Å². The first kappa shape index (κ1) is 17.1. The van der Waals surface area contributed by atoms with Crippen molar-refractivity contribution in [2.45, 2.75) is 33.7 Å². The predicted molar refractivity (Wildman–Crippen MR) is 99.3 cm³/mol. The molecule has 138 valence electrons. The zero-order valence-electron chi connectivity index (χ0n) is 15.7. The van der Waals surface area contributed by atoms with Gasteiger partial charge in [-0.1, -0.05) is 19.9 Å². The predicted octanol–water partition coefficient (Wildman–Crippen LogP) is 2.77. The molecule has 0 spiro atoms. The molecule has 6 heteroatoms. The summed E-state index contributed by atoms with van der Waals surface area (Å²) in [6.45, 7) is 9.59. The van der Waals surface area contributed by atoms with Crippen molar-refractivity contribution in [3.05, 3.63) is 41.6 Å². The van der Waals surface area contributed by atoms with Gasteiger partial charge in [-0.2, -0.15) is 0 Å². The summed E-state index contributed by atoms with van der Waals surface area (Å²) >= 11 is 0. The normalized spacial score (nSPS) is 23.8. The molecule has 3 atom stereocenters. The minimum atomic E-state index is -0.378. The first-order valence-corrected chi connectivity index (χ1v) is 9.53. The van der Waals surface area contributed by atoms with Crippen molar-refractivity contribution in [2.75, 3.05) is 24.6 Å². The number of aromatic nitrogens is 3. The number of pyridine rings is 1. The summed E-state index contributed by atoms with van der Waals surface area (Å²) in [4.78, 5) is 23.3. The lowest BCUT2D eigenvalue weighted by molar-refractivity contribution is 0.0520. The second-order valence-electron chi connectivity index (χ2n) is 7.37. The van der Waals surface area contributed by atoms with Crippen LogP contribution in [-0.2, 0) is 17.7 Å². The molecule has 6 nitrogen and oxygen atoms in total. The molecule has 3 heterocycles. The van der Waals surface area contributed by atoms with Gasteiger partial charge in [-0.3, -0.25) is 0 Å². The fourth-order valence-electron chi connectivity index (χ4n) is 4.11. The van der Waals surface area contributed by atoms with E-state index < -0.39 is 0 Å². The highest BCUT2D eigenvalue weighted by atomic mass is 16.5. The van der Waals surface area contributed by atoms with Crippen LogP contribution in [-0.4, -0.2) is 40.2 Å². The van der Waals surface area contributed by atoms with E-state index in [4.69, 9.17) is 9.72 Å². The van der Waals surface area contributed by atoms with Crippen LogP contribution in [0.5, 0.6) is 0 Å². The fraction of sp³-hybridized carbons (Fsp3) is 0.550. The number of carbonyl (C=O) groups is 1. The highest BCUT2D eigenvalue weighted by Crippen LogP contribution is 2.51. The van der Waals surface area contributed by atoms with Crippen molar-refractivity contribution in [3.8, 4) is 0 Å². The zero-order valence-corrected chi connectivity index (χ0v) is 15.7. The van der Waals surface area contributed by atoms with Gasteiger partial charge in [0.05, 0.1) is 19.5 Å². The van der Waals surface area contributed by atoms with Gasteiger partial charge in [0, 0.05) is 25.0 Å². The third-order valence-corrected chi connectivity index (χ3v) is 5.81. The lowest BCUT2D eigenvalue weighted by Crippen LogP contribution is -2.25. The molecule has 0 radical (unpaired) electrons. The molecule has 2 aromatic rings. The molecule has 0 N–H and O–H groups in total. The Bertz CT molecular complexity index is 804. The number of carbonyl (C=O) groups excluding carboxylic acids is 1. The van der Waals surface area contributed by atoms with E-state index in [0.717, 1.165) is 48.8 Å². The number of rotatable bonds is 6. The molecule has 1 unspecified atom stereocenters. The first-order valence-electron chi connectivity index (χ1n) is 9.53. The van der Waals surface area contributed by atoms with E-state index in [1.807, 2.05) is 4.57 Å². The summed E-state index contributed by atoms with van der Waals surface area (Å²) in [6.07, 6.45) is 4.30. The van der Waals surface area contributed by atoms with Gasteiger partial charge in [-0.15, -0.1) is 0 Å². The van der Waals surface area contributed by atoms with E-state index in [0.29, 0.717) is 18.8 Å². The van der Waals surface area contributed by atoms with Crippen molar-refractivity contribution in [1.29, 1.82) is 0 Å². The molecule has 1 saturated carbocycles. The van der Waals surface area contributed by atoms with Crippen LogP contribution in [0, 0.1) is 17.8 Å². The Hall–Kier alpha value is -2.37. The Morgan fingerprint density at radius 2 is 2.04 bits per heavy atom.